The van der Waals surface area contributed by atoms with Crippen LogP contribution in [0.2, 0.25) is 0 Å². The molecule has 0 aliphatic heterocycles. The Labute approximate surface area is 89.8 Å². The molecule has 0 aromatic heterocycles. The average molecular weight is 316 g/mol. The van der Waals surface area contributed by atoms with Crippen molar-refractivity contribution in [1.82, 2.24) is 0 Å². The summed E-state index contributed by atoms with van der Waals surface area (Å²) in [6.45, 7) is 0. The van der Waals surface area contributed by atoms with Crippen LogP contribution in [0.3, 0.4) is 0 Å². The summed E-state index contributed by atoms with van der Waals surface area (Å²) in [6, 6.07) is 0. The fourth-order valence-electron chi connectivity index (χ4n) is 0.632. The minimum atomic E-state index is -0.718. The maximum absolute atomic E-state index is 13.0. The Bertz CT molecular complexity index is 296. The fourth-order valence-corrected chi connectivity index (χ4v) is 1.70. The Morgan fingerprint density at radius 2 is 1.50 bits per heavy atom. The molecule has 0 heterocycles. The summed E-state index contributed by atoms with van der Waals surface area (Å²) in [7, 11) is 0. The van der Waals surface area contributed by atoms with Gasteiger partial charge in [-0.05, 0) is 31.9 Å². The van der Waals surface area contributed by atoms with Crippen LogP contribution in [0.25, 0.3) is 0 Å². The van der Waals surface area contributed by atoms with E-state index >= 15 is 0 Å². The zero-order chi connectivity index (χ0) is 9.46. The van der Waals surface area contributed by atoms with Gasteiger partial charge in [0, 0.05) is 0 Å². The first-order valence-electron chi connectivity index (χ1n) is 2.76. The largest absolute Gasteiger partial charge is 0.297 e. The van der Waals surface area contributed by atoms with Crippen LogP contribution < -0.4 is 0 Å². The van der Waals surface area contributed by atoms with Crippen LogP contribution >= 0.6 is 43.5 Å². The molecule has 64 valence electrons. The Morgan fingerprint density at radius 1 is 1.08 bits per heavy atom. The van der Waals surface area contributed by atoms with Gasteiger partial charge >= 0.3 is 0 Å². The molecular formula is C6H2Br2ClFN2. The van der Waals surface area contributed by atoms with Gasteiger partial charge in [0.15, 0.2) is 5.83 Å². The van der Waals surface area contributed by atoms with E-state index in [1.807, 2.05) is 0 Å². The van der Waals surface area contributed by atoms with E-state index in [9.17, 15) is 4.39 Å². The van der Waals surface area contributed by atoms with Gasteiger partial charge in [-0.15, -0.1) is 0 Å². The van der Waals surface area contributed by atoms with Gasteiger partial charge < -0.3 is 0 Å². The van der Waals surface area contributed by atoms with Gasteiger partial charge in [-0.3, -0.25) is 10.8 Å². The molecule has 0 radical (unpaired) electrons. The zero-order valence-electron chi connectivity index (χ0n) is 5.51. The Kier molecular flexibility index (Phi) is 2.85. The third-order valence-electron chi connectivity index (χ3n) is 1.27. The predicted octanol–water partition coefficient (Wildman–Crippen LogP) is 3.46. The van der Waals surface area contributed by atoms with Crippen molar-refractivity contribution in [3.8, 4) is 0 Å². The molecule has 0 aromatic carbocycles. The summed E-state index contributed by atoms with van der Waals surface area (Å²) in [4.78, 5) is 0. The second-order valence-corrected chi connectivity index (χ2v) is 3.97. The van der Waals surface area contributed by atoms with E-state index in [2.05, 4.69) is 31.9 Å². The lowest BCUT2D eigenvalue weighted by molar-refractivity contribution is 0.661. The standard InChI is InChI=1S/C6H2Br2ClFN2/c7-1-3(9)4(10)2(8)6(12)5(1)11/h11-12H. The SMILES string of the molecule is N=C1C(=N)C(Br)=C(Cl)C(F)=C1Br. The fraction of sp³-hybridized carbons (Fsp3) is 0. The van der Waals surface area contributed by atoms with E-state index in [-0.39, 0.29) is 25.4 Å². The number of hydrogen-bond acceptors (Lipinski definition) is 2. The number of halogens is 4. The summed E-state index contributed by atoms with van der Waals surface area (Å²) in [5, 5.41) is 14.4. The minimum absolute atomic E-state index is 0.0827. The van der Waals surface area contributed by atoms with Crippen LogP contribution in [0.5, 0.6) is 0 Å². The Balaban J connectivity index is 3.37. The third kappa shape index (κ3) is 1.41. The molecule has 0 spiro atoms. The summed E-state index contributed by atoms with van der Waals surface area (Å²) < 4.78 is 13.0. The highest BCUT2D eigenvalue weighted by Gasteiger charge is 2.26. The van der Waals surface area contributed by atoms with E-state index < -0.39 is 5.83 Å². The Morgan fingerprint density at radius 3 is 2.00 bits per heavy atom. The highest BCUT2D eigenvalue weighted by molar-refractivity contribution is 9.12. The topological polar surface area (TPSA) is 47.7 Å². The molecule has 1 aliphatic rings. The molecule has 0 fully saturated rings. The third-order valence-corrected chi connectivity index (χ3v) is 3.39. The maximum Gasteiger partial charge on any atom is 0.159 e. The van der Waals surface area contributed by atoms with E-state index in [0.29, 0.717) is 0 Å². The van der Waals surface area contributed by atoms with Crippen molar-refractivity contribution in [1.29, 1.82) is 10.8 Å². The molecule has 2 nitrogen and oxygen atoms in total. The lowest BCUT2D eigenvalue weighted by Gasteiger charge is -2.13. The van der Waals surface area contributed by atoms with Crippen molar-refractivity contribution in [2.75, 3.05) is 0 Å². The van der Waals surface area contributed by atoms with Crippen molar-refractivity contribution < 1.29 is 4.39 Å². The van der Waals surface area contributed by atoms with Crippen LogP contribution in [0.1, 0.15) is 0 Å². The number of hydrogen-bond donors (Lipinski definition) is 2. The zero-order valence-corrected chi connectivity index (χ0v) is 9.44. The first-order valence-corrected chi connectivity index (χ1v) is 4.72. The lowest BCUT2D eigenvalue weighted by atomic mass is 10.1. The second-order valence-electron chi connectivity index (χ2n) is 2.01. The van der Waals surface area contributed by atoms with Gasteiger partial charge in [-0.25, -0.2) is 4.39 Å². The van der Waals surface area contributed by atoms with Gasteiger partial charge in [0.1, 0.15) is 0 Å². The summed E-state index contributed by atoms with van der Waals surface area (Å²) >= 11 is 11.2. The second kappa shape index (κ2) is 3.40. The predicted molar refractivity (Wildman–Crippen MR) is 54.3 cm³/mol. The quantitative estimate of drug-likeness (QED) is 0.643. The molecule has 0 saturated heterocycles. The number of rotatable bonds is 0. The van der Waals surface area contributed by atoms with Gasteiger partial charge in [-0.1, -0.05) is 11.6 Å². The van der Waals surface area contributed by atoms with Crippen LogP contribution in [0, 0.1) is 10.8 Å². The summed E-state index contributed by atoms with van der Waals surface area (Å²) in [5.74, 6) is -0.718. The Hall–Kier alpha value is -0.000000000000000111. The van der Waals surface area contributed by atoms with Crippen LogP contribution in [-0.4, -0.2) is 11.4 Å². The molecule has 12 heavy (non-hydrogen) atoms. The highest BCUT2D eigenvalue weighted by Crippen LogP contribution is 2.35. The van der Waals surface area contributed by atoms with Crippen LogP contribution in [-0.2, 0) is 0 Å². The number of allylic oxidation sites excluding steroid dienone is 4. The van der Waals surface area contributed by atoms with Crippen LogP contribution in [0.15, 0.2) is 19.8 Å². The van der Waals surface area contributed by atoms with Crippen LogP contribution in [0.4, 0.5) is 4.39 Å². The van der Waals surface area contributed by atoms with E-state index in [1.54, 1.807) is 0 Å². The molecule has 0 atom stereocenters. The molecule has 0 aromatic rings. The molecule has 6 heteroatoms. The van der Waals surface area contributed by atoms with Gasteiger partial charge in [0.2, 0.25) is 0 Å². The maximum atomic E-state index is 13.0. The summed E-state index contributed by atoms with van der Waals surface area (Å²) in [5.41, 5.74) is -0.350. The van der Waals surface area contributed by atoms with Crippen molar-refractivity contribution >= 4 is 54.9 Å². The molecule has 1 rings (SSSR count). The van der Waals surface area contributed by atoms with E-state index in [4.69, 9.17) is 22.4 Å². The van der Waals surface area contributed by atoms with Crippen molar-refractivity contribution in [2.45, 2.75) is 0 Å². The molecule has 0 unspecified atom stereocenters. The molecule has 0 saturated carbocycles. The van der Waals surface area contributed by atoms with Crippen molar-refractivity contribution in [3.63, 3.8) is 0 Å². The molecule has 0 bridgehead atoms. The first-order chi connectivity index (χ1) is 5.46. The average Bonchev–Trinajstić information content (AvgIpc) is 2.08. The first kappa shape index (κ1) is 10.1. The summed E-state index contributed by atoms with van der Waals surface area (Å²) in [6.07, 6.45) is 0. The normalized spacial score (nSPS) is 19.3. The smallest absolute Gasteiger partial charge is 0.159 e. The molecule has 2 N–H and O–H groups in total. The molecule has 1 aliphatic carbocycles. The van der Waals surface area contributed by atoms with Crippen molar-refractivity contribution in [2.24, 2.45) is 0 Å². The van der Waals surface area contributed by atoms with Crippen molar-refractivity contribution in [3.05, 3.63) is 19.8 Å². The van der Waals surface area contributed by atoms with Gasteiger partial charge in [0.25, 0.3) is 0 Å². The van der Waals surface area contributed by atoms with Gasteiger partial charge in [0.05, 0.1) is 25.4 Å². The van der Waals surface area contributed by atoms with E-state index in [1.165, 1.54) is 0 Å². The monoisotopic (exact) mass is 314 g/mol. The minimum Gasteiger partial charge on any atom is -0.297 e. The highest BCUT2D eigenvalue weighted by atomic mass is 79.9. The van der Waals surface area contributed by atoms with Gasteiger partial charge in [-0.2, -0.15) is 0 Å². The van der Waals surface area contributed by atoms with E-state index in [0.717, 1.165) is 0 Å². The molecular weight excluding hydrogens is 314 g/mol. The lowest BCUT2D eigenvalue weighted by Crippen LogP contribution is -2.17. The number of nitrogens with one attached hydrogen (secondary N) is 2. The molecule has 0 amide bonds.